The van der Waals surface area contributed by atoms with Gasteiger partial charge in [-0.3, -0.25) is 4.79 Å². The quantitative estimate of drug-likeness (QED) is 0.753. The predicted molar refractivity (Wildman–Crippen MR) is 108 cm³/mol. The summed E-state index contributed by atoms with van der Waals surface area (Å²) in [5, 5.41) is 7.12. The summed E-state index contributed by atoms with van der Waals surface area (Å²) in [4.78, 5) is 26.2. The van der Waals surface area contributed by atoms with Crippen molar-refractivity contribution in [1.29, 1.82) is 0 Å². The van der Waals surface area contributed by atoms with Gasteiger partial charge in [-0.05, 0) is 55.7 Å². The molecule has 1 spiro atoms. The van der Waals surface area contributed by atoms with E-state index in [1.54, 1.807) is 7.11 Å². The number of piperidine rings is 1. The summed E-state index contributed by atoms with van der Waals surface area (Å²) in [7, 11) is 1.68. The van der Waals surface area contributed by atoms with Gasteiger partial charge in [-0.25, -0.2) is 4.79 Å². The van der Waals surface area contributed by atoms with Crippen LogP contribution in [0.1, 0.15) is 44.1 Å². The van der Waals surface area contributed by atoms with Crippen LogP contribution >= 0.6 is 0 Å². The highest BCUT2D eigenvalue weighted by Crippen LogP contribution is 2.41. The number of carboxylic acid groups (broad SMARTS) is 1. The molecule has 31 heavy (non-hydrogen) atoms. The van der Waals surface area contributed by atoms with E-state index in [-0.39, 0.29) is 5.54 Å². The lowest BCUT2D eigenvalue weighted by Gasteiger charge is -2.45. The fourth-order valence-corrected chi connectivity index (χ4v) is 4.38. The molecule has 0 radical (unpaired) electrons. The Kier molecular flexibility index (Phi) is 7.13. The molecule has 0 atom stereocenters. The van der Waals surface area contributed by atoms with Crippen molar-refractivity contribution in [2.45, 2.75) is 56.8 Å². The number of hydrogen-bond acceptors (Lipinski definition) is 4. The molecule has 1 aliphatic carbocycles. The third kappa shape index (κ3) is 6.12. The Morgan fingerprint density at radius 1 is 1.16 bits per heavy atom. The van der Waals surface area contributed by atoms with Gasteiger partial charge in [-0.2, -0.15) is 13.2 Å². The lowest BCUT2D eigenvalue weighted by atomic mass is 9.84. The van der Waals surface area contributed by atoms with Gasteiger partial charge in [0.2, 0.25) is 5.91 Å². The van der Waals surface area contributed by atoms with Gasteiger partial charge in [0, 0.05) is 38.1 Å². The molecular formula is C22H29F3N2O4. The average Bonchev–Trinajstić information content (AvgIpc) is 3.51. The van der Waals surface area contributed by atoms with Crippen LogP contribution in [0.3, 0.4) is 0 Å². The number of halogens is 3. The van der Waals surface area contributed by atoms with E-state index in [0.29, 0.717) is 5.91 Å². The van der Waals surface area contributed by atoms with Gasteiger partial charge in [0.15, 0.2) is 0 Å². The predicted octanol–water partition coefficient (Wildman–Crippen LogP) is 3.70. The molecule has 1 amide bonds. The average molecular weight is 442 g/mol. The maximum Gasteiger partial charge on any atom is 0.490 e. The molecule has 2 heterocycles. The van der Waals surface area contributed by atoms with Crippen molar-refractivity contribution in [3.05, 3.63) is 29.8 Å². The lowest BCUT2D eigenvalue weighted by Crippen LogP contribution is -2.53. The molecule has 2 saturated heterocycles. The van der Waals surface area contributed by atoms with Crippen molar-refractivity contribution in [2.75, 3.05) is 26.7 Å². The van der Waals surface area contributed by atoms with Crippen LogP contribution in [0.5, 0.6) is 5.75 Å². The van der Waals surface area contributed by atoms with E-state index in [1.807, 2.05) is 12.1 Å². The third-order valence-corrected chi connectivity index (χ3v) is 6.42. The van der Waals surface area contributed by atoms with E-state index in [4.69, 9.17) is 14.6 Å². The molecule has 172 valence electrons. The van der Waals surface area contributed by atoms with Gasteiger partial charge in [0.1, 0.15) is 5.75 Å². The summed E-state index contributed by atoms with van der Waals surface area (Å²) < 4.78 is 37.0. The number of ether oxygens (including phenoxy) is 1. The maximum absolute atomic E-state index is 12.5. The normalized spacial score (nSPS) is 21.0. The molecule has 1 aromatic rings. The summed E-state index contributed by atoms with van der Waals surface area (Å²) in [6.45, 7) is 4.33. The van der Waals surface area contributed by atoms with Crippen LogP contribution in [0.25, 0.3) is 0 Å². The van der Waals surface area contributed by atoms with Crippen LogP contribution in [0.2, 0.25) is 0 Å². The van der Waals surface area contributed by atoms with E-state index in [2.05, 4.69) is 21.9 Å². The van der Waals surface area contributed by atoms with E-state index in [0.717, 1.165) is 57.0 Å². The number of hydrogen-bond donors (Lipinski definition) is 1. The monoisotopic (exact) mass is 442 g/mol. The first-order valence-corrected chi connectivity index (χ1v) is 10.6. The summed E-state index contributed by atoms with van der Waals surface area (Å²) in [6.07, 6.45) is 1.80. The number of carbonyl (C=O) groups excluding carboxylic acids is 1. The first-order chi connectivity index (χ1) is 14.6. The lowest BCUT2D eigenvalue weighted by molar-refractivity contribution is -0.192. The molecule has 9 heteroatoms. The Morgan fingerprint density at radius 2 is 1.74 bits per heavy atom. The second kappa shape index (κ2) is 9.46. The number of carbonyl (C=O) groups is 2. The van der Waals surface area contributed by atoms with Crippen LogP contribution in [0.15, 0.2) is 24.3 Å². The first kappa shape index (κ1) is 23.4. The summed E-state index contributed by atoms with van der Waals surface area (Å²) in [5.41, 5.74) is 1.31. The van der Waals surface area contributed by atoms with Crippen molar-refractivity contribution in [3.63, 3.8) is 0 Å². The minimum atomic E-state index is -5.08. The topological polar surface area (TPSA) is 70.1 Å². The van der Waals surface area contributed by atoms with Crippen molar-refractivity contribution in [2.24, 2.45) is 5.92 Å². The Hall–Kier alpha value is -2.29. The number of likely N-dealkylation sites (tertiary alicyclic amines) is 2. The Bertz CT molecular complexity index is 770. The third-order valence-electron chi connectivity index (χ3n) is 6.42. The van der Waals surface area contributed by atoms with E-state index >= 15 is 0 Å². The standard InChI is InChI=1S/C20H28N2O2.C2HF3O2/c1-24-18-6-4-17(5-7-18)15-22-19(23)8-9-20(22)10-12-21(13-11-20)14-16-2-3-16;3-2(4,5)1(6)7/h4-7,16H,2-3,8-15H2,1H3;(H,6,7). The highest BCUT2D eigenvalue weighted by atomic mass is 19.4. The number of alkyl halides is 3. The SMILES string of the molecule is COc1ccc(CN2C(=O)CCC23CCN(CC2CC2)CC3)cc1.O=C(O)C(F)(F)F. The highest BCUT2D eigenvalue weighted by Gasteiger charge is 2.47. The van der Waals surface area contributed by atoms with Gasteiger partial charge >= 0.3 is 12.1 Å². The maximum atomic E-state index is 12.5. The molecule has 3 fully saturated rings. The van der Waals surface area contributed by atoms with Crippen LogP contribution in [-0.2, 0) is 16.1 Å². The number of carboxylic acids is 1. The molecule has 6 nitrogen and oxygen atoms in total. The molecular weight excluding hydrogens is 413 g/mol. The number of amides is 1. The Balaban J connectivity index is 0.000000339. The number of rotatable bonds is 5. The molecule has 1 aromatic carbocycles. The van der Waals surface area contributed by atoms with Gasteiger partial charge in [0.25, 0.3) is 0 Å². The molecule has 1 saturated carbocycles. The molecule has 3 aliphatic rings. The second-order valence-electron chi connectivity index (χ2n) is 8.60. The van der Waals surface area contributed by atoms with Crippen molar-refractivity contribution in [1.82, 2.24) is 9.80 Å². The van der Waals surface area contributed by atoms with Crippen LogP contribution in [-0.4, -0.2) is 65.2 Å². The fourth-order valence-electron chi connectivity index (χ4n) is 4.38. The molecule has 2 aliphatic heterocycles. The minimum Gasteiger partial charge on any atom is -0.497 e. The zero-order valence-corrected chi connectivity index (χ0v) is 17.7. The molecule has 1 N–H and O–H groups in total. The molecule has 0 bridgehead atoms. The van der Waals surface area contributed by atoms with Crippen molar-refractivity contribution < 1.29 is 32.6 Å². The van der Waals surface area contributed by atoms with Gasteiger partial charge in [-0.1, -0.05) is 12.1 Å². The van der Waals surface area contributed by atoms with Crippen LogP contribution < -0.4 is 4.74 Å². The molecule has 4 rings (SSSR count). The second-order valence-corrected chi connectivity index (χ2v) is 8.60. The van der Waals surface area contributed by atoms with Gasteiger partial charge < -0.3 is 19.6 Å². The number of aliphatic carboxylic acids is 1. The number of benzene rings is 1. The Labute approximate surface area is 180 Å². The zero-order chi connectivity index (χ0) is 22.6. The smallest absolute Gasteiger partial charge is 0.490 e. The van der Waals surface area contributed by atoms with Crippen LogP contribution in [0.4, 0.5) is 13.2 Å². The minimum absolute atomic E-state index is 0.108. The zero-order valence-electron chi connectivity index (χ0n) is 17.7. The van der Waals surface area contributed by atoms with Crippen molar-refractivity contribution in [3.8, 4) is 5.75 Å². The first-order valence-electron chi connectivity index (χ1n) is 10.6. The van der Waals surface area contributed by atoms with Crippen molar-refractivity contribution >= 4 is 11.9 Å². The molecule has 0 unspecified atom stereocenters. The van der Waals surface area contributed by atoms with Gasteiger partial charge in [-0.15, -0.1) is 0 Å². The van der Waals surface area contributed by atoms with Crippen LogP contribution in [0, 0.1) is 5.92 Å². The molecule has 0 aromatic heterocycles. The summed E-state index contributed by atoms with van der Waals surface area (Å²) in [5.74, 6) is -0.594. The number of nitrogens with zero attached hydrogens (tertiary/aromatic N) is 2. The highest BCUT2D eigenvalue weighted by molar-refractivity contribution is 5.79. The number of methoxy groups -OCH3 is 1. The van der Waals surface area contributed by atoms with E-state index in [9.17, 15) is 18.0 Å². The Morgan fingerprint density at radius 3 is 2.23 bits per heavy atom. The summed E-state index contributed by atoms with van der Waals surface area (Å²) in [6, 6.07) is 8.14. The van der Waals surface area contributed by atoms with E-state index in [1.165, 1.54) is 24.9 Å². The van der Waals surface area contributed by atoms with E-state index < -0.39 is 12.1 Å². The summed E-state index contributed by atoms with van der Waals surface area (Å²) >= 11 is 0. The fraction of sp³-hybridized carbons (Fsp3) is 0.636. The van der Waals surface area contributed by atoms with Gasteiger partial charge in [0.05, 0.1) is 7.11 Å². The largest absolute Gasteiger partial charge is 0.497 e.